The number of hydrogen-bond donors (Lipinski definition) is 2. The highest BCUT2D eigenvalue weighted by Gasteiger charge is 2.22. The van der Waals surface area contributed by atoms with E-state index in [-0.39, 0.29) is 18.1 Å². The fourth-order valence-corrected chi connectivity index (χ4v) is 2.40. The van der Waals surface area contributed by atoms with E-state index in [9.17, 15) is 4.79 Å². The molecule has 114 valence electrons. The Balaban J connectivity index is 1.99. The average molecular weight is 289 g/mol. The van der Waals surface area contributed by atoms with Crippen molar-refractivity contribution in [1.29, 1.82) is 0 Å². The summed E-state index contributed by atoms with van der Waals surface area (Å²) in [5.41, 5.74) is 1.83. The van der Waals surface area contributed by atoms with Gasteiger partial charge in [0, 0.05) is 24.6 Å². The molecule has 0 radical (unpaired) electrons. The molecule has 1 aromatic rings. The summed E-state index contributed by atoms with van der Waals surface area (Å²) < 4.78 is 5.46. The highest BCUT2D eigenvalue weighted by Crippen LogP contribution is 2.26. The average Bonchev–Trinajstić information content (AvgIpc) is 2.93. The predicted molar refractivity (Wildman–Crippen MR) is 83.2 cm³/mol. The zero-order chi connectivity index (χ0) is 15.3. The maximum absolute atomic E-state index is 12.0. The number of aliphatic hydroxyl groups is 1. The van der Waals surface area contributed by atoms with Gasteiger partial charge in [0.2, 0.25) is 5.91 Å². The Morgan fingerprint density at radius 1 is 1.52 bits per heavy atom. The van der Waals surface area contributed by atoms with Gasteiger partial charge in [-0.05, 0) is 49.1 Å². The van der Waals surface area contributed by atoms with E-state index < -0.39 is 0 Å². The molecule has 0 spiro atoms. The zero-order valence-corrected chi connectivity index (χ0v) is 12.7. The van der Waals surface area contributed by atoms with E-state index in [1.165, 1.54) is 5.56 Å². The van der Waals surface area contributed by atoms with Crippen molar-refractivity contribution in [3.05, 3.63) is 35.4 Å². The molecular formula is C17H23NO3. The first-order valence-corrected chi connectivity index (χ1v) is 7.43. The Bertz CT molecular complexity index is 539. The van der Waals surface area contributed by atoms with Crippen LogP contribution in [0.25, 0.3) is 6.08 Å². The first-order chi connectivity index (χ1) is 10.1. The van der Waals surface area contributed by atoms with E-state index in [2.05, 4.69) is 11.4 Å². The molecule has 1 amide bonds. The second-order valence-corrected chi connectivity index (χ2v) is 5.68. The molecule has 2 rings (SSSR count). The van der Waals surface area contributed by atoms with Gasteiger partial charge in [-0.1, -0.05) is 13.0 Å². The van der Waals surface area contributed by atoms with Crippen molar-refractivity contribution < 1.29 is 14.6 Å². The van der Waals surface area contributed by atoms with E-state index in [0.717, 1.165) is 30.8 Å². The molecule has 0 aliphatic carbocycles. The van der Waals surface area contributed by atoms with Gasteiger partial charge >= 0.3 is 0 Å². The fraction of sp³-hybridized carbons (Fsp3) is 0.471. The molecule has 4 heteroatoms. The summed E-state index contributed by atoms with van der Waals surface area (Å²) in [4.78, 5) is 12.0. The lowest BCUT2D eigenvalue weighted by Crippen LogP contribution is -2.45. The maximum Gasteiger partial charge on any atom is 0.244 e. The molecule has 0 saturated carbocycles. The minimum atomic E-state index is -0.359. The maximum atomic E-state index is 12.0. The number of nitrogens with one attached hydrogen (secondary N) is 1. The van der Waals surface area contributed by atoms with Crippen molar-refractivity contribution in [3.8, 4) is 5.75 Å². The van der Waals surface area contributed by atoms with Crippen molar-refractivity contribution >= 4 is 12.0 Å². The molecular weight excluding hydrogens is 266 g/mol. The molecule has 0 aromatic heterocycles. The standard InChI is InChI=1S/C17H23NO3/c1-3-17(2,9-10-19)18-16(20)7-5-13-4-6-15-14(12-13)8-11-21-15/h4-7,12,19H,3,8-11H2,1-2H3,(H,18,20)/b7-5+. The first-order valence-electron chi connectivity index (χ1n) is 7.43. The molecule has 0 fully saturated rings. The van der Waals surface area contributed by atoms with Crippen LogP contribution in [0.15, 0.2) is 24.3 Å². The van der Waals surface area contributed by atoms with Crippen LogP contribution >= 0.6 is 0 Å². The third kappa shape index (κ3) is 4.08. The molecule has 1 heterocycles. The Hall–Kier alpha value is -1.81. The van der Waals surface area contributed by atoms with Crippen LogP contribution in [0, 0.1) is 0 Å². The molecule has 1 unspecified atom stereocenters. The third-order valence-corrected chi connectivity index (χ3v) is 4.01. The summed E-state index contributed by atoms with van der Waals surface area (Å²) >= 11 is 0. The highest BCUT2D eigenvalue weighted by molar-refractivity contribution is 5.92. The minimum absolute atomic E-state index is 0.0686. The number of carbonyl (C=O) groups is 1. The van der Waals surface area contributed by atoms with Gasteiger partial charge in [-0.2, -0.15) is 0 Å². The summed E-state index contributed by atoms with van der Waals surface area (Å²) in [7, 11) is 0. The summed E-state index contributed by atoms with van der Waals surface area (Å²) in [6.45, 7) is 4.75. The summed E-state index contributed by atoms with van der Waals surface area (Å²) in [5, 5.41) is 12.0. The molecule has 2 N–H and O–H groups in total. The van der Waals surface area contributed by atoms with Gasteiger partial charge in [-0.25, -0.2) is 0 Å². The number of rotatable bonds is 6. The Kier molecular flexibility index (Phi) is 5.02. The second kappa shape index (κ2) is 6.76. The number of aliphatic hydroxyl groups excluding tert-OH is 1. The summed E-state index contributed by atoms with van der Waals surface area (Å²) in [6.07, 6.45) is 5.61. The highest BCUT2D eigenvalue weighted by atomic mass is 16.5. The van der Waals surface area contributed by atoms with Crippen LogP contribution in [-0.2, 0) is 11.2 Å². The molecule has 1 atom stereocenters. The zero-order valence-electron chi connectivity index (χ0n) is 12.7. The smallest absolute Gasteiger partial charge is 0.244 e. The Morgan fingerprint density at radius 3 is 3.05 bits per heavy atom. The monoisotopic (exact) mass is 289 g/mol. The normalized spacial score (nSPS) is 16.3. The van der Waals surface area contributed by atoms with Gasteiger partial charge in [-0.3, -0.25) is 4.79 Å². The lowest BCUT2D eigenvalue weighted by Gasteiger charge is -2.28. The quantitative estimate of drug-likeness (QED) is 0.790. The molecule has 0 bridgehead atoms. The fourth-order valence-electron chi connectivity index (χ4n) is 2.40. The van der Waals surface area contributed by atoms with Gasteiger partial charge in [0.05, 0.1) is 6.61 Å². The predicted octanol–water partition coefficient (Wildman–Crippen LogP) is 2.30. The van der Waals surface area contributed by atoms with Crippen molar-refractivity contribution in [2.24, 2.45) is 0 Å². The second-order valence-electron chi connectivity index (χ2n) is 5.68. The number of carbonyl (C=O) groups excluding carboxylic acids is 1. The van der Waals surface area contributed by atoms with E-state index in [0.29, 0.717) is 6.42 Å². The van der Waals surface area contributed by atoms with Crippen molar-refractivity contribution in [3.63, 3.8) is 0 Å². The number of fused-ring (bicyclic) bond motifs is 1. The van der Waals surface area contributed by atoms with Gasteiger partial charge in [-0.15, -0.1) is 0 Å². The summed E-state index contributed by atoms with van der Waals surface area (Å²) in [6, 6.07) is 5.95. The van der Waals surface area contributed by atoms with Gasteiger partial charge in [0.1, 0.15) is 5.75 Å². The Labute approximate surface area is 125 Å². The minimum Gasteiger partial charge on any atom is -0.493 e. The first kappa shape index (κ1) is 15.6. The van der Waals surface area contributed by atoms with Crippen molar-refractivity contribution in [1.82, 2.24) is 5.32 Å². The van der Waals surface area contributed by atoms with E-state index in [1.807, 2.05) is 32.1 Å². The van der Waals surface area contributed by atoms with Crippen LogP contribution in [0.2, 0.25) is 0 Å². The third-order valence-electron chi connectivity index (χ3n) is 4.01. The van der Waals surface area contributed by atoms with Crippen LogP contribution in [-0.4, -0.2) is 29.8 Å². The molecule has 0 saturated heterocycles. The van der Waals surface area contributed by atoms with Gasteiger partial charge in [0.15, 0.2) is 0 Å². The largest absolute Gasteiger partial charge is 0.493 e. The molecule has 21 heavy (non-hydrogen) atoms. The molecule has 1 aromatic carbocycles. The number of amides is 1. The van der Waals surface area contributed by atoms with Crippen LogP contribution < -0.4 is 10.1 Å². The lowest BCUT2D eigenvalue weighted by atomic mass is 9.95. The van der Waals surface area contributed by atoms with E-state index in [1.54, 1.807) is 6.08 Å². The van der Waals surface area contributed by atoms with E-state index >= 15 is 0 Å². The number of benzene rings is 1. The van der Waals surface area contributed by atoms with Crippen molar-refractivity contribution in [2.45, 2.75) is 38.6 Å². The molecule has 4 nitrogen and oxygen atoms in total. The van der Waals surface area contributed by atoms with Crippen LogP contribution in [0.3, 0.4) is 0 Å². The Morgan fingerprint density at radius 2 is 2.33 bits per heavy atom. The van der Waals surface area contributed by atoms with E-state index in [4.69, 9.17) is 9.84 Å². The van der Waals surface area contributed by atoms with Crippen LogP contribution in [0.5, 0.6) is 5.75 Å². The molecule has 1 aliphatic rings. The van der Waals surface area contributed by atoms with Gasteiger partial charge in [0.25, 0.3) is 0 Å². The summed E-state index contributed by atoms with van der Waals surface area (Å²) in [5.74, 6) is 0.808. The lowest BCUT2D eigenvalue weighted by molar-refractivity contribution is -0.118. The van der Waals surface area contributed by atoms with Crippen molar-refractivity contribution in [2.75, 3.05) is 13.2 Å². The molecule has 1 aliphatic heterocycles. The number of hydrogen-bond acceptors (Lipinski definition) is 3. The number of ether oxygens (including phenoxy) is 1. The van der Waals surface area contributed by atoms with Gasteiger partial charge < -0.3 is 15.2 Å². The SMILES string of the molecule is CCC(C)(CCO)NC(=O)/C=C/c1ccc2c(c1)CCO2. The topological polar surface area (TPSA) is 58.6 Å². The van der Waals surface area contributed by atoms with Crippen LogP contribution in [0.4, 0.5) is 0 Å². The van der Waals surface area contributed by atoms with Crippen LogP contribution in [0.1, 0.15) is 37.8 Å².